The van der Waals surface area contributed by atoms with Crippen molar-refractivity contribution in [2.45, 2.75) is 36.8 Å². The molecule has 1 unspecified atom stereocenters. The molecule has 0 aliphatic carbocycles. The maximum Gasteiger partial charge on any atom is 0.471 e. The van der Waals surface area contributed by atoms with Gasteiger partial charge in [0.15, 0.2) is 6.29 Å². The maximum atomic E-state index is 12.3. The molecule has 0 aromatic rings. The molecule has 13 heteroatoms. The van der Waals surface area contributed by atoms with Crippen molar-refractivity contribution in [1.29, 1.82) is 0 Å². The first-order valence-electron chi connectivity index (χ1n) is 5.95. The number of carbonyl (C=O) groups excluding carboxylic acids is 1. The van der Waals surface area contributed by atoms with E-state index in [0.717, 1.165) is 0 Å². The quantitative estimate of drug-likeness (QED) is 0.255. The van der Waals surface area contributed by atoms with Crippen molar-refractivity contribution in [3.05, 3.63) is 12.7 Å². The number of aliphatic hydroxyl groups excluding tert-OH is 3. The van der Waals surface area contributed by atoms with Gasteiger partial charge in [-0.2, -0.15) is 13.2 Å². The smallest absolute Gasteiger partial charge is 0.394 e. The standard InChI is InChI=1S/C11H16F3NO6.3Ac/c1-2-3-20-9-6(15-10(19)11(12,13)14)8(18)7(17)5(4-16)21-9;;;/h2,5-9,16-18H,1,3-4H2,(H,15,19);;;/t5?,6-,7-,8-,9+;;;/m1.../s1. The zero-order chi connectivity index (χ0) is 16.2. The zero-order valence-corrected chi connectivity index (χ0v) is 26.8. The molecule has 1 saturated heterocycles. The Balaban J connectivity index is -0.00000147. The second-order valence-corrected chi connectivity index (χ2v) is 4.33. The minimum Gasteiger partial charge on any atom is -0.394 e. The van der Waals surface area contributed by atoms with Crippen LogP contribution in [0.25, 0.3) is 0 Å². The van der Waals surface area contributed by atoms with Gasteiger partial charge in [-0.25, -0.2) is 0 Å². The van der Waals surface area contributed by atoms with Crippen LogP contribution in [0.1, 0.15) is 0 Å². The molecule has 131 valence electrons. The van der Waals surface area contributed by atoms with E-state index in [0.29, 0.717) is 0 Å². The van der Waals surface area contributed by atoms with Crippen molar-refractivity contribution < 1.29 is 175 Å². The third-order valence-electron chi connectivity index (χ3n) is 2.81. The summed E-state index contributed by atoms with van der Waals surface area (Å²) in [6.07, 6.45) is -10.1. The summed E-state index contributed by atoms with van der Waals surface area (Å²) in [6, 6.07) is -1.66. The summed E-state index contributed by atoms with van der Waals surface area (Å²) in [5.74, 6) is -2.31. The van der Waals surface area contributed by atoms with Crippen molar-refractivity contribution in [2.24, 2.45) is 0 Å². The molecule has 4 N–H and O–H groups in total. The van der Waals surface area contributed by atoms with Crippen LogP contribution < -0.4 is 5.32 Å². The van der Waals surface area contributed by atoms with Crippen LogP contribution in [0.4, 0.5) is 13.2 Å². The molecule has 0 aromatic carbocycles. The van der Waals surface area contributed by atoms with E-state index in [2.05, 4.69) is 6.58 Å². The fraction of sp³-hybridized carbons (Fsp3) is 0.727. The predicted octanol–water partition coefficient (Wildman–Crippen LogP) is -1.32. The molecule has 1 fully saturated rings. The number of nitrogens with one attached hydrogen (secondary N) is 1. The molecule has 1 aliphatic heterocycles. The van der Waals surface area contributed by atoms with Gasteiger partial charge in [0, 0.05) is 132 Å². The zero-order valence-electron chi connectivity index (χ0n) is 12.5. The van der Waals surface area contributed by atoms with E-state index in [4.69, 9.17) is 14.6 Å². The Bertz CT molecular complexity index is 391. The number of alkyl halides is 3. The maximum absolute atomic E-state index is 12.3. The van der Waals surface area contributed by atoms with Gasteiger partial charge in [-0.3, -0.25) is 4.79 Å². The van der Waals surface area contributed by atoms with E-state index in [9.17, 15) is 28.2 Å². The number of hydrogen-bond donors (Lipinski definition) is 4. The third-order valence-corrected chi connectivity index (χ3v) is 2.81. The molecule has 1 aliphatic rings. The van der Waals surface area contributed by atoms with Gasteiger partial charge in [-0.1, -0.05) is 6.08 Å². The first-order valence-corrected chi connectivity index (χ1v) is 5.95. The van der Waals surface area contributed by atoms with E-state index in [1.807, 2.05) is 0 Å². The first-order chi connectivity index (χ1) is 9.72. The van der Waals surface area contributed by atoms with Crippen LogP contribution in [0.15, 0.2) is 12.7 Å². The number of hydrogen-bond acceptors (Lipinski definition) is 6. The fourth-order valence-electron chi connectivity index (χ4n) is 1.77. The van der Waals surface area contributed by atoms with Crippen LogP contribution in [0.3, 0.4) is 0 Å². The van der Waals surface area contributed by atoms with Crippen LogP contribution in [0.5, 0.6) is 0 Å². The number of aliphatic hydroxyl groups is 3. The molecule has 7 nitrogen and oxygen atoms in total. The average molecular weight is 996 g/mol. The Kier molecular flexibility index (Phi) is 19.9. The summed E-state index contributed by atoms with van der Waals surface area (Å²) in [6.45, 7) is 2.51. The second kappa shape index (κ2) is 15.0. The summed E-state index contributed by atoms with van der Waals surface area (Å²) in [5, 5.41) is 29.9. The van der Waals surface area contributed by atoms with Crippen molar-refractivity contribution in [2.75, 3.05) is 13.2 Å². The molecule has 0 spiro atoms. The summed E-state index contributed by atoms with van der Waals surface area (Å²) >= 11 is 0. The van der Waals surface area contributed by atoms with Crippen molar-refractivity contribution in [3.63, 3.8) is 0 Å². The Morgan fingerprint density at radius 3 is 2.21 bits per heavy atom. The van der Waals surface area contributed by atoms with E-state index in [1.165, 1.54) is 11.4 Å². The Labute approximate surface area is 244 Å². The van der Waals surface area contributed by atoms with Crippen LogP contribution in [0.2, 0.25) is 0 Å². The van der Waals surface area contributed by atoms with Gasteiger partial charge in [-0.15, -0.1) is 6.58 Å². The topological polar surface area (TPSA) is 108 Å². The molecular weight excluding hydrogens is 980 g/mol. The Hall–Kier alpha value is 3.12. The monoisotopic (exact) mass is 996 g/mol. The Morgan fingerprint density at radius 2 is 1.79 bits per heavy atom. The van der Waals surface area contributed by atoms with E-state index in [-0.39, 0.29) is 139 Å². The molecule has 24 heavy (non-hydrogen) atoms. The van der Waals surface area contributed by atoms with Gasteiger partial charge >= 0.3 is 12.1 Å². The number of amides is 1. The normalized spacial score (nSPS) is 29.3. The van der Waals surface area contributed by atoms with E-state index in [1.54, 1.807) is 0 Å². The minimum absolute atomic E-state index is 0. The van der Waals surface area contributed by atoms with Crippen LogP contribution >= 0.6 is 0 Å². The van der Waals surface area contributed by atoms with Gasteiger partial charge in [-0.05, 0) is 0 Å². The molecule has 5 atom stereocenters. The number of ether oxygens (including phenoxy) is 2. The summed E-state index contributed by atoms with van der Waals surface area (Å²) in [4.78, 5) is 10.9. The molecule has 0 saturated carbocycles. The number of halogens is 3. The van der Waals surface area contributed by atoms with E-state index < -0.39 is 49.3 Å². The van der Waals surface area contributed by atoms with Crippen molar-refractivity contribution >= 4 is 5.91 Å². The molecular formula is C11H16Ac3F3NO6. The van der Waals surface area contributed by atoms with Gasteiger partial charge in [0.05, 0.1) is 13.2 Å². The van der Waals surface area contributed by atoms with Crippen LogP contribution in [-0.2, 0) is 14.3 Å². The van der Waals surface area contributed by atoms with Gasteiger partial charge in [0.2, 0.25) is 0 Å². The molecule has 1 heterocycles. The average Bonchev–Trinajstić information content (AvgIpc) is 2.41. The minimum atomic E-state index is -5.17. The molecule has 1 rings (SSSR count). The molecule has 3 radical (unpaired) electrons. The molecule has 0 aromatic heterocycles. The predicted molar refractivity (Wildman–Crippen MR) is 61.9 cm³/mol. The molecule has 1 amide bonds. The van der Waals surface area contributed by atoms with Crippen LogP contribution in [0, 0.1) is 132 Å². The second-order valence-electron chi connectivity index (χ2n) is 4.33. The molecule has 0 bridgehead atoms. The SMILES string of the molecule is C=CCO[C@H]1OC(CO)[C@@H](O)[C@H](O)[C@H]1NC(=O)C(F)(F)F.[Ac].[Ac].[Ac]. The van der Waals surface area contributed by atoms with Crippen molar-refractivity contribution in [1.82, 2.24) is 5.32 Å². The van der Waals surface area contributed by atoms with Gasteiger partial charge < -0.3 is 30.1 Å². The largest absolute Gasteiger partial charge is 0.471 e. The van der Waals surface area contributed by atoms with Crippen LogP contribution in [-0.4, -0.2) is 71.3 Å². The third kappa shape index (κ3) is 9.55. The van der Waals surface area contributed by atoms with E-state index >= 15 is 0 Å². The van der Waals surface area contributed by atoms with Crippen molar-refractivity contribution in [3.8, 4) is 0 Å². The van der Waals surface area contributed by atoms with Gasteiger partial charge in [0.25, 0.3) is 0 Å². The first kappa shape index (κ1) is 31.8. The summed E-state index contributed by atoms with van der Waals surface area (Å²) < 4.78 is 46.8. The van der Waals surface area contributed by atoms with Gasteiger partial charge in [0.1, 0.15) is 24.4 Å². The summed E-state index contributed by atoms with van der Waals surface area (Å²) in [7, 11) is 0. The summed E-state index contributed by atoms with van der Waals surface area (Å²) in [5.41, 5.74) is 0. The fourth-order valence-corrected chi connectivity index (χ4v) is 1.77. The number of carbonyl (C=O) groups is 1. The Morgan fingerprint density at radius 1 is 1.25 bits per heavy atom. The number of rotatable bonds is 5.